The molecule has 4 rings (SSSR count). The third kappa shape index (κ3) is 2.67. The molecule has 0 amide bonds. The van der Waals surface area contributed by atoms with Gasteiger partial charge >= 0.3 is 5.97 Å². The monoisotopic (exact) mass is 354 g/mol. The van der Waals surface area contributed by atoms with Crippen LogP contribution in [-0.4, -0.2) is 44.2 Å². The quantitative estimate of drug-likeness (QED) is 0.509. The van der Waals surface area contributed by atoms with Crippen LogP contribution in [0.2, 0.25) is 0 Å². The molecule has 0 bridgehead atoms. The Morgan fingerprint density at radius 3 is 2.50 bits per heavy atom. The molecule has 0 radical (unpaired) electrons. The summed E-state index contributed by atoms with van der Waals surface area (Å²) in [4.78, 5) is 33.1. The number of benzene rings is 1. The van der Waals surface area contributed by atoms with Crippen molar-refractivity contribution >= 4 is 23.0 Å². The SMILES string of the molecule is CC(C)(C)OC(=O)COc1cccc2c1C(=O)c1nc3nonc3nc1-2. The average Bonchev–Trinajstić information content (AvgIpc) is 3.13. The highest BCUT2D eigenvalue weighted by Crippen LogP contribution is 2.39. The first-order valence-electron chi connectivity index (χ1n) is 7.86. The van der Waals surface area contributed by atoms with Gasteiger partial charge in [-0.2, -0.15) is 0 Å². The molecule has 9 heteroatoms. The van der Waals surface area contributed by atoms with Gasteiger partial charge in [-0.05, 0) is 37.2 Å². The Bertz CT molecular complexity index is 1050. The summed E-state index contributed by atoms with van der Waals surface area (Å²) in [5.74, 6) is -0.612. The fourth-order valence-corrected chi connectivity index (χ4v) is 2.69. The van der Waals surface area contributed by atoms with Gasteiger partial charge in [-0.3, -0.25) is 4.79 Å². The molecule has 0 atom stereocenters. The zero-order valence-electron chi connectivity index (χ0n) is 14.3. The lowest BCUT2D eigenvalue weighted by Crippen LogP contribution is -2.27. The summed E-state index contributed by atoms with van der Waals surface area (Å²) >= 11 is 0. The molecule has 0 aliphatic heterocycles. The summed E-state index contributed by atoms with van der Waals surface area (Å²) in [6, 6.07) is 5.05. The number of hydrogen-bond acceptors (Lipinski definition) is 9. The molecule has 26 heavy (non-hydrogen) atoms. The topological polar surface area (TPSA) is 117 Å². The second kappa shape index (κ2) is 5.58. The third-order valence-corrected chi connectivity index (χ3v) is 3.60. The van der Waals surface area contributed by atoms with Crippen molar-refractivity contribution in [2.24, 2.45) is 0 Å². The number of esters is 1. The number of carbonyl (C=O) groups excluding carboxylic acids is 2. The molecule has 0 unspecified atom stereocenters. The first kappa shape index (κ1) is 16.1. The van der Waals surface area contributed by atoms with E-state index in [1.807, 2.05) is 0 Å². The van der Waals surface area contributed by atoms with Crippen LogP contribution < -0.4 is 4.74 Å². The maximum Gasteiger partial charge on any atom is 0.344 e. The maximum atomic E-state index is 12.8. The number of aromatic nitrogens is 4. The van der Waals surface area contributed by atoms with Crippen LogP contribution in [-0.2, 0) is 9.53 Å². The predicted molar refractivity (Wildman–Crippen MR) is 87.6 cm³/mol. The van der Waals surface area contributed by atoms with Crippen molar-refractivity contribution in [1.82, 2.24) is 20.3 Å². The van der Waals surface area contributed by atoms with Crippen LogP contribution in [0.1, 0.15) is 36.8 Å². The van der Waals surface area contributed by atoms with Crippen molar-refractivity contribution in [1.29, 1.82) is 0 Å². The number of hydrogen-bond donors (Lipinski definition) is 0. The zero-order chi connectivity index (χ0) is 18.5. The summed E-state index contributed by atoms with van der Waals surface area (Å²) in [6.45, 7) is 4.98. The van der Waals surface area contributed by atoms with E-state index in [9.17, 15) is 9.59 Å². The van der Waals surface area contributed by atoms with Crippen LogP contribution >= 0.6 is 0 Å². The second-order valence-electron chi connectivity index (χ2n) is 6.72. The lowest BCUT2D eigenvalue weighted by molar-refractivity contribution is -0.157. The number of fused-ring (bicyclic) bond motifs is 4. The summed E-state index contributed by atoms with van der Waals surface area (Å²) in [6.07, 6.45) is 0. The van der Waals surface area contributed by atoms with Gasteiger partial charge in [0.15, 0.2) is 6.61 Å². The molecule has 0 saturated carbocycles. The third-order valence-electron chi connectivity index (χ3n) is 3.60. The van der Waals surface area contributed by atoms with E-state index in [0.29, 0.717) is 16.8 Å². The van der Waals surface area contributed by atoms with Gasteiger partial charge in [0, 0.05) is 5.56 Å². The number of nitrogens with zero attached hydrogens (tertiary/aromatic N) is 4. The van der Waals surface area contributed by atoms with E-state index >= 15 is 0 Å². The Morgan fingerprint density at radius 1 is 1.12 bits per heavy atom. The lowest BCUT2D eigenvalue weighted by atomic mass is 10.1. The maximum absolute atomic E-state index is 12.8. The van der Waals surface area contributed by atoms with Crippen LogP contribution in [0.15, 0.2) is 22.8 Å². The molecule has 3 aromatic rings. The van der Waals surface area contributed by atoms with Crippen LogP contribution in [0.5, 0.6) is 5.75 Å². The molecule has 0 N–H and O–H groups in total. The van der Waals surface area contributed by atoms with Gasteiger partial charge in [0.25, 0.3) is 0 Å². The summed E-state index contributed by atoms with van der Waals surface area (Å²) in [5, 5.41) is 7.25. The number of rotatable bonds is 3. The van der Waals surface area contributed by atoms with E-state index in [2.05, 4.69) is 24.9 Å². The largest absolute Gasteiger partial charge is 0.481 e. The Kier molecular flexibility index (Phi) is 3.46. The molecule has 0 fully saturated rings. The van der Waals surface area contributed by atoms with Gasteiger partial charge in [-0.25, -0.2) is 19.4 Å². The number of carbonyl (C=O) groups is 2. The summed E-state index contributed by atoms with van der Waals surface area (Å²) < 4.78 is 15.3. The summed E-state index contributed by atoms with van der Waals surface area (Å²) in [5.41, 5.74) is 1.15. The normalized spacial score (nSPS) is 12.8. The smallest absolute Gasteiger partial charge is 0.344 e. The Balaban J connectivity index is 1.67. The standard InChI is InChI=1S/C17H14N4O5/c1-17(2,3)25-10(22)7-24-9-6-4-5-8-11(9)14(23)13-12(8)18-15-16(19-13)21-26-20-15/h4-6H,7H2,1-3H3. The first-order valence-corrected chi connectivity index (χ1v) is 7.86. The van der Waals surface area contributed by atoms with Crippen molar-refractivity contribution in [3.8, 4) is 17.0 Å². The molecule has 0 saturated heterocycles. The lowest BCUT2D eigenvalue weighted by Gasteiger charge is -2.19. The van der Waals surface area contributed by atoms with Gasteiger partial charge in [0.05, 0.1) is 5.56 Å². The van der Waals surface area contributed by atoms with E-state index < -0.39 is 11.6 Å². The predicted octanol–water partition coefficient (Wildman–Crippen LogP) is 1.94. The second-order valence-corrected chi connectivity index (χ2v) is 6.72. The van der Waals surface area contributed by atoms with Crippen molar-refractivity contribution in [3.05, 3.63) is 29.5 Å². The van der Waals surface area contributed by atoms with E-state index in [1.54, 1.807) is 39.0 Å². The average molecular weight is 354 g/mol. The molecule has 9 nitrogen and oxygen atoms in total. The zero-order valence-corrected chi connectivity index (χ0v) is 14.3. The molecule has 1 aliphatic rings. The Hall–Kier alpha value is -3.36. The minimum absolute atomic E-state index is 0.150. The van der Waals surface area contributed by atoms with Gasteiger partial charge in [-0.15, -0.1) is 0 Å². The molecule has 1 aromatic carbocycles. The fraction of sp³-hybridized carbons (Fsp3) is 0.294. The van der Waals surface area contributed by atoms with Gasteiger partial charge in [-0.1, -0.05) is 12.1 Å². The minimum atomic E-state index is -0.616. The Labute approximate surface area is 147 Å². The van der Waals surface area contributed by atoms with E-state index in [1.165, 1.54) is 0 Å². The van der Waals surface area contributed by atoms with Crippen molar-refractivity contribution < 1.29 is 23.7 Å². The number of ketones is 1. The molecular weight excluding hydrogens is 340 g/mol. The van der Waals surface area contributed by atoms with Crippen LogP contribution in [0.4, 0.5) is 0 Å². The van der Waals surface area contributed by atoms with E-state index in [0.717, 1.165) is 0 Å². The van der Waals surface area contributed by atoms with Crippen molar-refractivity contribution in [2.75, 3.05) is 6.61 Å². The van der Waals surface area contributed by atoms with E-state index in [4.69, 9.17) is 9.47 Å². The van der Waals surface area contributed by atoms with Crippen LogP contribution in [0, 0.1) is 0 Å². The molecule has 132 valence electrons. The van der Waals surface area contributed by atoms with Gasteiger partial charge < -0.3 is 9.47 Å². The Morgan fingerprint density at radius 2 is 1.81 bits per heavy atom. The highest BCUT2D eigenvalue weighted by Gasteiger charge is 2.34. The van der Waals surface area contributed by atoms with Crippen LogP contribution in [0.3, 0.4) is 0 Å². The van der Waals surface area contributed by atoms with Crippen molar-refractivity contribution in [2.45, 2.75) is 26.4 Å². The summed E-state index contributed by atoms with van der Waals surface area (Å²) in [7, 11) is 0. The fourth-order valence-electron chi connectivity index (χ4n) is 2.69. The van der Waals surface area contributed by atoms with Crippen LogP contribution in [0.25, 0.3) is 22.6 Å². The molecule has 0 spiro atoms. The van der Waals surface area contributed by atoms with Gasteiger partial charge in [0.1, 0.15) is 22.7 Å². The first-order chi connectivity index (χ1) is 12.3. The molecule has 2 heterocycles. The number of ether oxygens (including phenoxy) is 2. The van der Waals surface area contributed by atoms with E-state index in [-0.39, 0.29) is 35.1 Å². The highest BCUT2D eigenvalue weighted by molar-refractivity contribution is 6.21. The molecule has 1 aliphatic carbocycles. The van der Waals surface area contributed by atoms with Gasteiger partial charge in [0.2, 0.25) is 17.1 Å². The van der Waals surface area contributed by atoms with Crippen molar-refractivity contribution in [3.63, 3.8) is 0 Å². The molecular formula is C17H14N4O5. The highest BCUT2D eigenvalue weighted by atomic mass is 16.6. The minimum Gasteiger partial charge on any atom is -0.481 e. The molecule has 2 aromatic heterocycles.